The lowest BCUT2D eigenvalue weighted by molar-refractivity contribution is -0.142. The summed E-state index contributed by atoms with van der Waals surface area (Å²) in [6.07, 6.45) is 6.36. The van der Waals surface area contributed by atoms with E-state index in [1.165, 1.54) is 0 Å². The van der Waals surface area contributed by atoms with Gasteiger partial charge in [-0.1, -0.05) is 12.8 Å². The Labute approximate surface area is 125 Å². The first-order valence-electron chi connectivity index (χ1n) is 8.01. The number of aliphatic hydroxyl groups is 1. The predicted octanol–water partition coefficient (Wildman–Crippen LogP) is 1.48. The lowest BCUT2D eigenvalue weighted by atomic mass is 9.86. The maximum Gasteiger partial charge on any atom is 0.315 e. The van der Waals surface area contributed by atoms with Gasteiger partial charge in [0.1, 0.15) is 0 Å². The molecule has 0 heterocycles. The van der Waals surface area contributed by atoms with Gasteiger partial charge in [-0.15, -0.1) is 0 Å². The van der Waals surface area contributed by atoms with Crippen molar-refractivity contribution < 1.29 is 19.8 Å². The Hall–Kier alpha value is -1.30. The van der Waals surface area contributed by atoms with Crippen LogP contribution in [0.4, 0.5) is 4.79 Å². The molecule has 0 aliphatic heterocycles. The Kier molecular flexibility index (Phi) is 5.85. The van der Waals surface area contributed by atoms with Crippen LogP contribution in [0, 0.1) is 11.8 Å². The fourth-order valence-electron chi connectivity index (χ4n) is 3.37. The lowest BCUT2D eigenvalue weighted by Gasteiger charge is -2.29. The van der Waals surface area contributed by atoms with Crippen molar-refractivity contribution in [2.45, 2.75) is 63.5 Å². The third-order valence-corrected chi connectivity index (χ3v) is 4.81. The Bertz CT molecular complexity index is 367. The van der Waals surface area contributed by atoms with Crippen LogP contribution in [0.25, 0.3) is 0 Å². The van der Waals surface area contributed by atoms with E-state index in [-0.39, 0.29) is 30.0 Å². The number of carboxylic acids is 1. The molecule has 21 heavy (non-hydrogen) atoms. The summed E-state index contributed by atoms with van der Waals surface area (Å²) in [4.78, 5) is 22.7. The van der Waals surface area contributed by atoms with Gasteiger partial charge in [0.15, 0.2) is 0 Å². The topological polar surface area (TPSA) is 98.7 Å². The van der Waals surface area contributed by atoms with Gasteiger partial charge in [0.25, 0.3) is 0 Å². The van der Waals surface area contributed by atoms with Crippen molar-refractivity contribution >= 4 is 12.0 Å². The quantitative estimate of drug-likeness (QED) is 0.632. The van der Waals surface area contributed by atoms with Crippen LogP contribution in [0.3, 0.4) is 0 Å². The molecular formula is C15H26N2O4. The molecular weight excluding hydrogens is 272 g/mol. The number of aliphatic carboxylic acids is 1. The smallest absolute Gasteiger partial charge is 0.315 e. The number of rotatable bonds is 4. The van der Waals surface area contributed by atoms with E-state index in [4.69, 9.17) is 5.11 Å². The largest absolute Gasteiger partial charge is 0.481 e. The molecule has 120 valence electrons. The van der Waals surface area contributed by atoms with Gasteiger partial charge in [-0.25, -0.2) is 4.79 Å². The average Bonchev–Trinajstić information content (AvgIpc) is 2.47. The van der Waals surface area contributed by atoms with E-state index in [1.54, 1.807) is 0 Å². The molecule has 2 aliphatic rings. The average molecular weight is 298 g/mol. The van der Waals surface area contributed by atoms with Gasteiger partial charge in [0.05, 0.1) is 12.0 Å². The first-order valence-corrected chi connectivity index (χ1v) is 8.01. The van der Waals surface area contributed by atoms with Crippen molar-refractivity contribution in [1.82, 2.24) is 10.6 Å². The van der Waals surface area contributed by atoms with Crippen LogP contribution < -0.4 is 10.6 Å². The molecule has 6 nitrogen and oxygen atoms in total. The highest BCUT2D eigenvalue weighted by atomic mass is 16.4. The van der Waals surface area contributed by atoms with Gasteiger partial charge in [-0.3, -0.25) is 4.79 Å². The normalized spacial score (nSPS) is 33.2. The van der Waals surface area contributed by atoms with Crippen LogP contribution in [0.1, 0.15) is 51.4 Å². The fourth-order valence-corrected chi connectivity index (χ4v) is 3.37. The van der Waals surface area contributed by atoms with E-state index in [9.17, 15) is 14.7 Å². The van der Waals surface area contributed by atoms with Crippen molar-refractivity contribution in [3.05, 3.63) is 0 Å². The first-order chi connectivity index (χ1) is 10.1. The van der Waals surface area contributed by atoms with Gasteiger partial charge in [-0.2, -0.15) is 0 Å². The Morgan fingerprint density at radius 2 is 1.67 bits per heavy atom. The fraction of sp³-hybridized carbons (Fsp3) is 0.867. The van der Waals surface area contributed by atoms with Crippen LogP contribution in [0.15, 0.2) is 0 Å². The van der Waals surface area contributed by atoms with Gasteiger partial charge in [0, 0.05) is 18.5 Å². The molecule has 2 atom stereocenters. The summed E-state index contributed by atoms with van der Waals surface area (Å²) in [5.74, 6) is -0.833. The van der Waals surface area contributed by atoms with Crippen molar-refractivity contribution in [3.8, 4) is 0 Å². The summed E-state index contributed by atoms with van der Waals surface area (Å²) in [6.45, 7) is 0.511. The van der Waals surface area contributed by atoms with E-state index in [0.29, 0.717) is 19.4 Å². The highest BCUT2D eigenvalue weighted by molar-refractivity contribution is 5.74. The molecule has 0 aromatic carbocycles. The van der Waals surface area contributed by atoms with Gasteiger partial charge in [0.2, 0.25) is 0 Å². The predicted molar refractivity (Wildman–Crippen MR) is 77.9 cm³/mol. The van der Waals surface area contributed by atoms with Crippen LogP contribution in [-0.2, 0) is 4.79 Å². The number of carboxylic acid groups (broad SMARTS) is 1. The van der Waals surface area contributed by atoms with Crippen molar-refractivity contribution in [1.29, 1.82) is 0 Å². The molecule has 6 heteroatoms. The van der Waals surface area contributed by atoms with Crippen LogP contribution >= 0.6 is 0 Å². The number of hydrogen-bond donors (Lipinski definition) is 4. The number of carbonyl (C=O) groups is 2. The van der Waals surface area contributed by atoms with Crippen LogP contribution in [0.2, 0.25) is 0 Å². The van der Waals surface area contributed by atoms with E-state index in [1.807, 2.05) is 0 Å². The SMILES string of the molecule is O=C(NC[C@@H]1CCCC[C@H]1O)NC1CCC(C(=O)O)CC1. The Balaban J connectivity index is 1.64. The van der Waals surface area contributed by atoms with Crippen molar-refractivity contribution in [3.63, 3.8) is 0 Å². The molecule has 0 bridgehead atoms. The van der Waals surface area contributed by atoms with Gasteiger partial charge in [-0.05, 0) is 38.5 Å². The van der Waals surface area contributed by atoms with Crippen molar-refractivity contribution in [2.75, 3.05) is 6.54 Å². The Morgan fingerprint density at radius 3 is 2.29 bits per heavy atom. The van der Waals surface area contributed by atoms with Gasteiger partial charge < -0.3 is 20.8 Å². The molecule has 0 aromatic heterocycles. The summed E-state index contributed by atoms with van der Waals surface area (Å²) in [5.41, 5.74) is 0. The summed E-state index contributed by atoms with van der Waals surface area (Å²) < 4.78 is 0. The monoisotopic (exact) mass is 298 g/mol. The third-order valence-electron chi connectivity index (χ3n) is 4.81. The minimum atomic E-state index is -0.732. The van der Waals surface area contributed by atoms with Gasteiger partial charge >= 0.3 is 12.0 Å². The second-order valence-electron chi connectivity index (χ2n) is 6.35. The third kappa shape index (κ3) is 4.88. The molecule has 0 aromatic rings. The minimum Gasteiger partial charge on any atom is -0.481 e. The maximum atomic E-state index is 11.9. The molecule has 2 aliphatic carbocycles. The molecule has 4 N–H and O–H groups in total. The van der Waals surface area contributed by atoms with Crippen LogP contribution in [0.5, 0.6) is 0 Å². The molecule has 0 saturated heterocycles. The molecule has 0 spiro atoms. The summed E-state index contributed by atoms with van der Waals surface area (Å²) in [7, 11) is 0. The van der Waals surface area contributed by atoms with E-state index >= 15 is 0 Å². The van der Waals surface area contributed by atoms with E-state index < -0.39 is 5.97 Å². The molecule has 2 amide bonds. The van der Waals surface area contributed by atoms with Crippen LogP contribution in [-0.4, -0.2) is 40.9 Å². The Morgan fingerprint density at radius 1 is 1.00 bits per heavy atom. The first kappa shape index (κ1) is 16.1. The zero-order valence-corrected chi connectivity index (χ0v) is 12.4. The number of nitrogens with one attached hydrogen (secondary N) is 2. The number of carbonyl (C=O) groups excluding carboxylic acids is 1. The minimum absolute atomic E-state index is 0.0666. The summed E-state index contributed by atoms with van der Waals surface area (Å²) in [6, 6.07) is -0.136. The van der Waals surface area contributed by atoms with E-state index in [2.05, 4.69) is 10.6 Å². The zero-order valence-electron chi connectivity index (χ0n) is 12.4. The zero-order chi connectivity index (χ0) is 15.2. The molecule has 2 fully saturated rings. The van der Waals surface area contributed by atoms with Crippen molar-refractivity contribution in [2.24, 2.45) is 11.8 Å². The standard InChI is InChI=1S/C15H26N2O4/c18-13-4-2-1-3-11(13)9-16-15(21)17-12-7-5-10(6-8-12)14(19)20/h10-13,18H,1-9H2,(H,19,20)(H2,16,17,21)/t10?,11-,12?,13+/m0/s1. The summed E-state index contributed by atoms with van der Waals surface area (Å²) in [5, 5.41) is 24.5. The number of aliphatic hydroxyl groups excluding tert-OH is 1. The lowest BCUT2D eigenvalue weighted by Crippen LogP contribution is -2.46. The highest BCUT2D eigenvalue weighted by Crippen LogP contribution is 2.25. The molecule has 2 saturated carbocycles. The molecule has 2 rings (SSSR count). The summed E-state index contributed by atoms with van der Waals surface area (Å²) >= 11 is 0. The van der Waals surface area contributed by atoms with E-state index in [0.717, 1.165) is 38.5 Å². The molecule has 0 unspecified atom stereocenters. The number of urea groups is 1. The molecule has 0 radical (unpaired) electrons. The second-order valence-corrected chi connectivity index (χ2v) is 6.35. The number of hydrogen-bond acceptors (Lipinski definition) is 3. The number of amides is 2. The maximum absolute atomic E-state index is 11.9. The highest BCUT2D eigenvalue weighted by Gasteiger charge is 2.27. The second kappa shape index (κ2) is 7.64.